The van der Waals surface area contributed by atoms with E-state index < -0.39 is 21.4 Å². The van der Waals surface area contributed by atoms with Crippen LogP contribution in [0.1, 0.15) is 5.56 Å². The van der Waals surface area contributed by atoms with Crippen molar-refractivity contribution in [2.24, 2.45) is 4.36 Å². The summed E-state index contributed by atoms with van der Waals surface area (Å²) in [5.41, 5.74) is -0.0327. The summed E-state index contributed by atoms with van der Waals surface area (Å²) >= 11 is 0. The number of nitrogens with zero attached hydrogens (tertiary/aromatic N) is 2. The van der Waals surface area contributed by atoms with Crippen molar-refractivity contribution in [1.82, 2.24) is 0 Å². The number of nitriles is 1. The second-order valence-corrected chi connectivity index (χ2v) is 6.33. The lowest BCUT2D eigenvalue weighted by molar-refractivity contribution is 0.594. The van der Waals surface area contributed by atoms with Gasteiger partial charge in [0.1, 0.15) is 11.5 Å². The van der Waals surface area contributed by atoms with Crippen LogP contribution in [-0.4, -0.2) is 10.5 Å². The molecule has 0 aliphatic heterocycles. The average Bonchev–Trinajstić information content (AvgIpc) is 2.41. The Hall–Kier alpha value is -2.26. The summed E-state index contributed by atoms with van der Waals surface area (Å²) < 4.78 is 43.6. The van der Waals surface area contributed by atoms with E-state index in [1.54, 1.807) is 6.07 Å². The molecule has 102 valence electrons. The van der Waals surface area contributed by atoms with Crippen LogP contribution in [0.5, 0.6) is 0 Å². The molecular weight excluding hydrogens is 282 g/mol. The molecule has 0 aliphatic carbocycles. The first-order chi connectivity index (χ1) is 9.44. The zero-order valence-corrected chi connectivity index (χ0v) is 11.3. The Morgan fingerprint density at radius 2 is 1.85 bits per heavy atom. The van der Waals surface area contributed by atoms with Crippen molar-refractivity contribution in [1.29, 1.82) is 5.26 Å². The lowest BCUT2D eigenvalue weighted by Gasteiger charge is -2.06. The number of halogens is 2. The Kier molecular flexibility index (Phi) is 3.81. The summed E-state index contributed by atoms with van der Waals surface area (Å²) in [6.07, 6.45) is 1.24. The van der Waals surface area contributed by atoms with Crippen molar-refractivity contribution in [2.45, 2.75) is 4.90 Å². The fourth-order valence-electron chi connectivity index (χ4n) is 1.64. The summed E-state index contributed by atoms with van der Waals surface area (Å²) in [4.78, 5) is -0.0799. The third kappa shape index (κ3) is 2.83. The molecule has 0 saturated carbocycles. The van der Waals surface area contributed by atoms with Gasteiger partial charge in [0, 0.05) is 6.26 Å². The zero-order chi connectivity index (χ0) is 14.8. The minimum Gasteiger partial charge on any atom is -0.245 e. The van der Waals surface area contributed by atoms with Gasteiger partial charge in [-0.25, -0.2) is 13.0 Å². The summed E-state index contributed by atoms with van der Waals surface area (Å²) in [5.74, 6) is -1.42. The molecule has 2 aromatic carbocycles. The first-order valence-electron chi connectivity index (χ1n) is 5.60. The van der Waals surface area contributed by atoms with Gasteiger partial charge in [0.25, 0.3) is 0 Å². The molecular formula is C14H10F2N2OS. The molecule has 2 aromatic rings. The van der Waals surface area contributed by atoms with E-state index in [1.165, 1.54) is 42.7 Å². The van der Waals surface area contributed by atoms with Gasteiger partial charge in [0.2, 0.25) is 0 Å². The maximum Gasteiger partial charge on any atom is 0.150 e. The van der Waals surface area contributed by atoms with Crippen LogP contribution in [0.15, 0.2) is 51.7 Å². The second-order valence-electron chi connectivity index (χ2n) is 4.10. The fraction of sp³-hybridized carbons (Fsp3) is 0.0714. The zero-order valence-electron chi connectivity index (χ0n) is 10.5. The van der Waals surface area contributed by atoms with Gasteiger partial charge in [-0.15, -0.1) is 0 Å². The van der Waals surface area contributed by atoms with Crippen molar-refractivity contribution in [3.63, 3.8) is 0 Å². The Labute approximate surface area is 115 Å². The molecule has 0 N–H and O–H groups in total. The Bertz CT molecular complexity index is 818. The Balaban J connectivity index is 2.58. The third-order valence-electron chi connectivity index (χ3n) is 2.59. The summed E-state index contributed by atoms with van der Waals surface area (Å²) in [6, 6.07) is 10.9. The highest BCUT2D eigenvalue weighted by Gasteiger charge is 2.13. The van der Waals surface area contributed by atoms with E-state index >= 15 is 0 Å². The van der Waals surface area contributed by atoms with E-state index in [-0.39, 0.29) is 16.1 Å². The highest BCUT2D eigenvalue weighted by atomic mass is 32.2. The van der Waals surface area contributed by atoms with Crippen LogP contribution in [0.2, 0.25) is 0 Å². The van der Waals surface area contributed by atoms with Gasteiger partial charge in [-0.2, -0.15) is 9.62 Å². The highest BCUT2D eigenvalue weighted by molar-refractivity contribution is 7.93. The van der Waals surface area contributed by atoms with Crippen LogP contribution in [0, 0.1) is 23.0 Å². The van der Waals surface area contributed by atoms with E-state index in [2.05, 4.69) is 4.36 Å². The fourth-order valence-corrected chi connectivity index (χ4v) is 3.02. The van der Waals surface area contributed by atoms with Gasteiger partial charge in [0.15, 0.2) is 5.82 Å². The van der Waals surface area contributed by atoms with E-state index in [4.69, 9.17) is 5.26 Å². The number of hydrogen-bond donors (Lipinski definition) is 0. The molecule has 6 heteroatoms. The predicted molar refractivity (Wildman–Crippen MR) is 71.9 cm³/mol. The minimum atomic E-state index is -3.11. The van der Waals surface area contributed by atoms with Gasteiger partial charge in [-0.05, 0) is 30.3 Å². The molecule has 2 rings (SSSR count). The first kappa shape index (κ1) is 14.2. The monoisotopic (exact) mass is 292 g/mol. The maximum atomic E-state index is 13.7. The molecule has 0 heterocycles. The average molecular weight is 292 g/mol. The van der Waals surface area contributed by atoms with Gasteiger partial charge >= 0.3 is 0 Å². The van der Waals surface area contributed by atoms with Gasteiger partial charge in [-0.1, -0.05) is 12.1 Å². The summed E-state index contributed by atoms with van der Waals surface area (Å²) in [6.45, 7) is 0. The second kappa shape index (κ2) is 5.39. The van der Waals surface area contributed by atoms with Crippen LogP contribution in [0.4, 0.5) is 14.5 Å². The topological polar surface area (TPSA) is 53.2 Å². The standard InChI is InChI=1S/C14H10F2N2OS/c1-20(19,14-5-3-2-4-11(14)15)18-13-7-6-10(9-17)8-12(13)16/h2-8H,1H3. The molecule has 3 nitrogen and oxygen atoms in total. The molecule has 20 heavy (non-hydrogen) atoms. The van der Waals surface area contributed by atoms with E-state index in [0.717, 1.165) is 6.07 Å². The first-order valence-corrected chi connectivity index (χ1v) is 7.53. The van der Waals surface area contributed by atoms with Crippen molar-refractivity contribution in [2.75, 3.05) is 6.26 Å². The van der Waals surface area contributed by atoms with Gasteiger partial charge in [0.05, 0.1) is 26.3 Å². The molecule has 1 atom stereocenters. The van der Waals surface area contributed by atoms with Crippen LogP contribution in [-0.2, 0) is 9.73 Å². The molecule has 0 spiro atoms. The molecule has 0 aliphatic rings. The number of benzene rings is 2. The molecule has 0 bridgehead atoms. The van der Waals surface area contributed by atoms with Crippen molar-refractivity contribution in [3.05, 3.63) is 59.7 Å². The van der Waals surface area contributed by atoms with Crippen LogP contribution < -0.4 is 0 Å². The number of hydrogen-bond acceptors (Lipinski definition) is 3. The smallest absolute Gasteiger partial charge is 0.150 e. The lowest BCUT2D eigenvalue weighted by Crippen LogP contribution is -2.00. The van der Waals surface area contributed by atoms with Gasteiger partial charge < -0.3 is 0 Å². The van der Waals surface area contributed by atoms with E-state index in [9.17, 15) is 13.0 Å². The molecule has 0 saturated heterocycles. The molecule has 0 fully saturated rings. The normalized spacial score (nSPS) is 13.3. The van der Waals surface area contributed by atoms with Crippen LogP contribution in [0.3, 0.4) is 0 Å². The molecule has 1 unspecified atom stereocenters. The highest BCUT2D eigenvalue weighted by Crippen LogP contribution is 2.24. The minimum absolute atomic E-state index is 0.0799. The molecule has 0 amide bonds. The van der Waals surface area contributed by atoms with Crippen LogP contribution >= 0.6 is 0 Å². The lowest BCUT2D eigenvalue weighted by atomic mass is 10.2. The maximum absolute atomic E-state index is 13.7. The summed E-state index contributed by atoms with van der Waals surface area (Å²) in [5, 5.41) is 8.65. The predicted octanol–water partition coefficient (Wildman–Crippen LogP) is 3.62. The summed E-state index contributed by atoms with van der Waals surface area (Å²) in [7, 11) is -3.11. The van der Waals surface area contributed by atoms with Crippen molar-refractivity contribution < 1.29 is 13.0 Å². The largest absolute Gasteiger partial charge is 0.245 e. The van der Waals surface area contributed by atoms with E-state index in [1.807, 2.05) is 0 Å². The number of rotatable bonds is 2. The quantitative estimate of drug-likeness (QED) is 0.848. The van der Waals surface area contributed by atoms with Gasteiger partial charge in [-0.3, -0.25) is 0 Å². The third-order valence-corrected chi connectivity index (χ3v) is 4.29. The van der Waals surface area contributed by atoms with Crippen molar-refractivity contribution in [3.8, 4) is 6.07 Å². The SMILES string of the molecule is CS(=O)(=Nc1ccc(C#N)cc1F)c1ccccc1F. The Morgan fingerprint density at radius 3 is 2.45 bits per heavy atom. The van der Waals surface area contributed by atoms with Crippen molar-refractivity contribution >= 4 is 15.4 Å². The molecule has 0 aromatic heterocycles. The molecule has 0 radical (unpaired) electrons. The van der Waals surface area contributed by atoms with E-state index in [0.29, 0.717) is 0 Å². The Morgan fingerprint density at radius 1 is 1.15 bits per heavy atom. The van der Waals surface area contributed by atoms with Crippen LogP contribution in [0.25, 0.3) is 0 Å².